The Hall–Kier alpha value is -1.73. The van der Waals surface area contributed by atoms with Crippen LogP contribution in [0.3, 0.4) is 0 Å². The molecule has 0 saturated carbocycles. The minimum atomic E-state index is -1.98. The quantitative estimate of drug-likeness (QED) is 0.0199. The van der Waals surface area contributed by atoms with Gasteiger partial charge < -0.3 is 89.9 Å². The highest BCUT2D eigenvalue weighted by Crippen LogP contribution is 2.34. The van der Waals surface area contributed by atoms with Crippen LogP contribution in [0.4, 0.5) is 0 Å². The van der Waals surface area contributed by atoms with Crippen LogP contribution >= 0.6 is 0 Å². The van der Waals surface area contributed by atoms with E-state index in [4.69, 9.17) is 28.4 Å². The van der Waals surface area contributed by atoms with E-state index in [2.05, 4.69) is 31.3 Å². The molecule has 0 aromatic carbocycles. The SMILES string of the molecule is CCCCCCCCCCCCCCCCCCCCCCCCCCCCC/C=C/CC/C=C/C(O)C(COC1OC(CO)C(OC2OC(CO)C(OC3OC(CO)C(O)C(O)C3O)C(O)C2O)C(O)C1O)NC(=O)CCCCCCCCCCCCCCCCCCCCCCCCCCCCCCCC. The van der Waals surface area contributed by atoms with Crippen molar-refractivity contribution in [2.45, 2.75) is 510 Å². The zero-order valence-corrected chi connectivity index (χ0v) is 68.9. The van der Waals surface area contributed by atoms with Crippen molar-refractivity contribution in [1.82, 2.24) is 5.32 Å². The lowest BCUT2D eigenvalue weighted by molar-refractivity contribution is -0.379. The van der Waals surface area contributed by atoms with Crippen LogP contribution in [0.15, 0.2) is 24.3 Å². The van der Waals surface area contributed by atoms with Gasteiger partial charge in [0.05, 0.1) is 38.6 Å². The Morgan fingerprint density at radius 1 is 0.324 bits per heavy atom. The smallest absolute Gasteiger partial charge is 0.220 e. The van der Waals surface area contributed by atoms with Gasteiger partial charge in [0.15, 0.2) is 18.9 Å². The Labute approximate surface area is 658 Å². The summed E-state index contributed by atoms with van der Waals surface area (Å²) in [6.07, 6.45) is 60.6. The van der Waals surface area contributed by atoms with Gasteiger partial charge in [-0.05, 0) is 32.1 Å². The summed E-state index contributed by atoms with van der Waals surface area (Å²) >= 11 is 0. The second kappa shape index (κ2) is 69.6. The third kappa shape index (κ3) is 48.0. The van der Waals surface area contributed by atoms with Crippen molar-refractivity contribution >= 4 is 5.91 Å². The molecule has 0 spiro atoms. The first-order valence-corrected chi connectivity index (χ1v) is 45.6. The zero-order chi connectivity index (χ0) is 78.1. The Morgan fingerprint density at radius 2 is 0.593 bits per heavy atom. The number of ether oxygens (including phenoxy) is 6. The highest BCUT2D eigenvalue weighted by atomic mass is 16.8. The number of allylic oxidation sites excluding steroid dienone is 3. The number of amides is 1. The van der Waals surface area contributed by atoms with Crippen molar-refractivity contribution in [2.75, 3.05) is 26.4 Å². The summed E-state index contributed by atoms with van der Waals surface area (Å²) in [7, 11) is 0. The normalized spacial score (nSPS) is 25.4. The highest BCUT2D eigenvalue weighted by Gasteiger charge is 2.54. The van der Waals surface area contributed by atoms with Gasteiger partial charge in [-0.15, -0.1) is 0 Å². The van der Waals surface area contributed by atoms with Crippen LogP contribution in [0.1, 0.15) is 406 Å². The molecule has 17 unspecified atom stereocenters. The number of hydrogen-bond donors (Lipinski definition) is 12. The molecule has 3 fully saturated rings. The average molecular weight is 1540 g/mol. The van der Waals surface area contributed by atoms with Gasteiger partial charge in [0.2, 0.25) is 5.91 Å². The highest BCUT2D eigenvalue weighted by molar-refractivity contribution is 5.76. The minimum absolute atomic E-state index is 0.241. The van der Waals surface area contributed by atoms with E-state index in [0.29, 0.717) is 12.8 Å². The molecule has 3 saturated heterocycles. The Bertz CT molecular complexity index is 2040. The molecular formula is C89H169NO18. The Morgan fingerprint density at radius 3 is 0.926 bits per heavy atom. The van der Waals surface area contributed by atoms with E-state index in [9.17, 15) is 61.0 Å². The van der Waals surface area contributed by atoms with E-state index in [-0.39, 0.29) is 18.9 Å². The van der Waals surface area contributed by atoms with E-state index < -0.39 is 124 Å². The number of aliphatic hydroxyl groups is 11. The summed E-state index contributed by atoms with van der Waals surface area (Å²) in [5.74, 6) is -0.275. The molecule has 3 aliphatic rings. The molecule has 0 bridgehead atoms. The van der Waals surface area contributed by atoms with Gasteiger partial charge in [0.1, 0.15) is 73.2 Å². The molecule has 1 amide bonds. The van der Waals surface area contributed by atoms with Crippen LogP contribution in [-0.2, 0) is 33.2 Å². The van der Waals surface area contributed by atoms with Crippen molar-refractivity contribution in [2.24, 2.45) is 0 Å². The summed E-state index contributed by atoms with van der Waals surface area (Å²) in [6.45, 7) is 1.80. The summed E-state index contributed by atoms with van der Waals surface area (Å²) in [6, 6.07) is -0.989. The number of nitrogens with one attached hydrogen (secondary N) is 1. The Kier molecular flexibility index (Phi) is 64.7. The number of hydrogen-bond acceptors (Lipinski definition) is 18. The van der Waals surface area contributed by atoms with E-state index in [0.717, 1.165) is 38.5 Å². The van der Waals surface area contributed by atoms with Gasteiger partial charge in [-0.2, -0.15) is 0 Å². The molecule has 19 nitrogen and oxygen atoms in total. The van der Waals surface area contributed by atoms with Gasteiger partial charge in [0.25, 0.3) is 0 Å². The summed E-state index contributed by atoms with van der Waals surface area (Å²) in [4.78, 5) is 13.5. The number of unbranched alkanes of at least 4 members (excludes halogenated alkanes) is 57. The van der Waals surface area contributed by atoms with Crippen LogP contribution in [-0.4, -0.2) is 193 Å². The number of carbonyl (C=O) groups excluding carboxylic acids is 1. The van der Waals surface area contributed by atoms with Crippen molar-refractivity contribution in [3.63, 3.8) is 0 Å². The second-order valence-electron chi connectivity index (χ2n) is 32.8. The van der Waals surface area contributed by atoms with Gasteiger partial charge in [-0.25, -0.2) is 0 Å². The van der Waals surface area contributed by atoms with E-state index in [1.807, 2.05) is 6.08 Å². The third-order valence-corrected chi connectivity index (χ3v) is 23.0. The molecule has 12 N–H and O–H groups in total. The largest absolute Gasteiger partial charge is 0.394 e. The molecule has 19 heteroatoms. The zero-order valence-electron chi connectivity index (χ0n) is 68.9. The van der Waals surface area contributed by atoms with Crippen molar-refractivity contribution in [1.29, 1.82) is 0 Å². The van der Waals surface area contributed by atoms with Crippen LogP contribution in [0.2, 0.25) is 0 Å². The number of carbonyl (C=O) groups is 1. The van der Waals surface area contributed by atoms with E-state index in [1.165, 1.54) is 334 Å². The van der Waals surface area contributed by atoms with Crippen LogP contribution in [0.25, 0.3) is 0 Å². The predicted molar refractivity (Wildman–Crippen MR) is 434 cm³/mol. The molecule has 3 heterocycles. The topological polar surface area (TPSA) is 307 Å². The van der Waals surface area contributed by atoms with Gasteiger partial charge >= 0.3 is 0 Å². The van der Waals surface area contributed by atoms with E-state index in [1.54, 1.807) is 6.08 Å². The molecule has 3 aliphatic heterocycles. The van der Waals surface area contributed by atoms with Gasteiger partial charge in [0, 0.05) is 6.42 Å². The lowest BCUT2D eigenvalue weighted by Gasteiger charge is -2.48. The maximum Gasteiger partial charge on any atom is 0.220 e. The van der Waals surface area contributed by atoms with Crippen LogP contribution < -0.4 is 5.32 Å². The molecular weight excluding hydrogens is 1370 g/mol. The molecule has 17 atom stereocenters. The van der Waals surface area contributed by atoms with Gasteiger partial charge in [-0.3, -0.25) is 4.79 Å². The fourth-order valence-corrected chi connectivity index (χ4v) is 15.7. The lowest BCUT2D eigenvalue weighted by atomic mass is 9.96. The first-order chi connectivity index (χ1) is 52.8. The molecule has 0 aromatic heterocycles. The lowest BCUT2D eigenvalue weighted by Crippen LogP contribution is -2.66. The fraction of sp³-hybridized carbons (Fsp3) is 0.944. The molecule has 3 rings (SSSR count). The van der Waals surface area contributed by atoms with Crippen LogP contribution in [0, 0.1) is 0 Å². The standard InChI is InChI=1S/C89H169NO18/c1-3-5-7-9-11-13-15-17-19-21-23-25-27-29-31-33-35-36-37-38-40-42-44-46-48-50-52-54-56-58-60-62-64-66-73(94)72(90-77(95)67-65-63-61-59-57-55-53-51-49-47-45-43-41-39-34-32-30-28-26-24-22-20-18-16-14-12-10-8-6-4-2)71-103-87-83(101)80(98)85(75(69-92)105-87)108-89-84(102)81(99)86(76(70-93)106-89)107-88-82(100)79(97)78(96)74(68-91)104-88/h56,58,64,66,72-76,78-89,91-94,96-102H,3-55,57,59-63,65,67-71H2,1-2H3,(H,90,95)/b58-56+,66-64+. The summed E-state index contributed by atoms with van der Waals surface area (Å²) in [5, 5.41) is 121. The fourth-order valence-electron chi connectivity index (χ4n) is 15.7. The second-order valence-corrected chi connectivity index (χ2v) is 32.8. The maximum atomic E-state index is 13.5. The number of aliphatic hydroxyl groups excluding tert-OH is 11. The Balaban J connectivity index is 1.33. The maximum absolute atomic E-state index is 13.5. The first-order valence-electron chi connectivity index (χ1n) is 45.6. The summed E-state index contributed by atoms with van der Waals surface area (Å²) < 4.78 is 34.5. The molecule has 638 valence electrons. The van der Waals surface area contributed by atoms with Crippen molar-refractivity contribution < 1.29 is 89.4 Å². The monoisotopic (exact) mass is 1540 g/mol. The number of rotatable bonds is 75. The predicted octanol–water partition coefficient (Wildman–Crippen LogP) is 17.2. The van der Waals surface area contributed by atoms with Crippen LogP contribution in [0.5, 0.6) is 0 Å². The molecule has 0 aliphatic carbocycles. The minimum Gasteiger partial charge on any atom is -0.394 e. The average Bonchev–Trinajstić information content (AvgIpc) is 0.780. The molecule has 0 aromatic rings. The first kappa shape index (κ1) is 100. The van der Waals surface area contributed by atoms with Gasteiger partial charge in [-0.1, -0.05) is 391 Å². The van der Waals surface area contributed by atoms with Crippen molar-refractivity contribution in [3.05, 3.63) is 24.3 Å². The molecule has 108 heavy (non-hydrogen) atoms. The molecule has 0 radical (unpaired) electrons. The third-order valence-electron chi connectivity index (χ3n) is 23.0. The van der Waals surface area contributed by atoms with Crippen molar-refractivity contribution in [3.8, 4) is 0 Å². The summed E-state index contributed by atoms with van der Waals surface area (Å²) in [5.41, 5.74) is 0. The van der Waals surface area contributed by atoms with E-state index >= 15 is 0 Å².